The first-order valence-electron chi connectivity index (χ1n) is 7.59. The number of aromatic amines is 1. The smallest absolute Gasteiger partial charge is 0.195 e. The number of nitrogens with one attached hydrogen (secondary N) is 1. The zero-order valence-electron chi connectivity index (χ0n) is 12.3. The van der Waals surface area contributed by atoms with E-state index < -0.39 is 0 Å². The van der Waals surface area contributed by atoms with Gasteiger partial charge >= 0.3 is 0 Å². The SMILES string of the molecule is CCCN1CCC(n2c(-c3cccnc3)n[nH]c2=S)CC1. The second-order valence-corrected chi connectivity index (χ2v) is 5.92. The Bertz CT molecular complexity index is 625. The minimum absolute atomic E-state index is 0.430. The lowest BCUT2D eigenvalue weighted by Gasteiger charge is -2.32. The predicted molar refractivity (Wildman–Crippen MR) is 85.6 cm³/mol. The van der Waals surface area contributed by atoms with Crippen LogP contribution in [0.4, 0.5) is 0 Å². The average Bonchev–Trinajstić information content (AvgIpc) is 2.91. The molecule has 0 amide bonds. The summed E-state index contributed by atoms with van der Waals surface area (Å²) in [5.74, 6) is 0.905. The van der Waals surface area contributed by atoms with Crippen molar-refractivity contribution in [3.05, 3.63) is 29.3 Å². The third-order valence-corrected chi connectivity index (χ3v) is 4.37. The first-order valence-corrected chi connectivity index (χ1v) is 8.00. The van der Waals surface area contributed by atoms with Gasteiger partial charge in [-0.3, -0.25) is 14.6 Å². The molecule has 3 heterocycles. The number of H-pyrrole nitrogens is 1. The molecule has 2 aromatic rings. The van der Waals surface area contributed by atoms with Crippen molar-refractivity contribution in [3.63, 3.8) is 0 Å². The lowest BCUT2D eigenvalue weighted by Crippen LogP contribution is -2.35. The maximum atomic E-state index is 5.45. The number of rotatable bonds is 4. The molecule has 6 heteroatoms. The first-order chi connectivity index (χ1) is 10.3. The van der Waals surface area contributed by atoms with Crippen molar-refractivity contribution < 1.29 is 0 Å². The van der Waals surface area contributed by atoms with Crippen LogP contribution in [0.2, 0.25) is 0 Å². The van der Waals surface area contributed by atoms with Crippen molar-refractivity contribution in [2.75, 3.05) is 19.6 Å². The van der Waals surface area contributed by atoms with Crippen molar-refractivity contribution in [2.24, 2.45) is 0 Å². The largest absolute Gasteiger partial charge is 0.303 e. The zero-order valence-corrected chi connectivity index (χ0v) is 13.1. The number of nitrogens with zero attached hydrogens (tertiary/aromatic N) is 4. The van der Waals surface area contributed by atoms with Crippen LogP contribution >= 0.6 is 12.2 Å². The van der Waals surface area contributed by atoms with Gasteiger partial charge in [-0.05, 0) is 50.2 Å². The summed E-state index contributed by atoms with van der Waals surface area (Å²) in [6, 6.07) is 4.39. The molecule has 1 fully saturated rings. The Hall–Kier alpha value is -1.53. The van der Waals surface area contributed by atoms with Crippen LogP contribution in [0.25, 0.3) is 11.4 Å². The van der Waals surface area contributed by atoms with E-state index in [1.807, 2.05) is 18.3 Å². The molecule has 1 N–H and O–H groups in total. The van der Waals surface area contributed by atoms with Gasteiger partial charge in [-0.25, -0.2) is 0 Å². The number of likely N-dealkylation sites (tertiary alicyclic amines) is 1. The molecule has 0 radical (unpaired) electrons. The number of hydrogen-bond donors (Lipinski definition) is 1. The summed E-state index contributed by atoms with van der Waals surface area (Å²) >= 11 is 5.45. The van der Waals surface area contributed by atoms with Crippen LogP contribution in [-0.2, 0) is 0 Å². The van der Waals surface area contributed by atoms with Gasteiger partial charge in [0.05, 0.1) is 0 Å². The molecule has 0 atom stereocenters. The van der Waals surface area contributed by atoms with Gasteiger partial charge in [-0.2, -0.15) is 5.10 Å². The van der Waals surface area contributed by atoms with Gasteiger partial charge in [0.15, 0.2) is 10.6 Å². The molecule has 0 unspecified atom stereocenters. The van der Waals surface area contributed by atoms with Crippen LogP contribution < -0.4 is 0 Å². The Morgan fingerprint density at radius 1 is 1.38 bits per heavy atom. The highest BCUT2D eigenvalue weighted by Gasteiger charge is 2.23. The molecule has 1 aliphatic rings. The summed E-state index contributed by atoms with van der Waals surface area (Å²) in [5.41, 5.74) is 1.01. The van der Waals surface area contributed by atoms with Crippen molar-refractivity contribution in [3.8, 4) is 11.4 Å². The van der Waals surface area contributed by atoms with E-state index in [1.165, 1.54) is 13.0 Å². The fourth-order valence-electron chi connectivity index (χ4n) is 3.06. The maximum absolute atomic E-state index is 5.45. The molecule has 0 aromatic carbocycles. The quantitative estimate of drug-likeness (QED) is 0.882. The van der Waals surface area contributed by atoms with Crippen molar-refractivity contribution in [2.45, 2.75) is 32.2 Å². The highest BCUT2D eigenvalue weighted by Crippen LogP contribution is 2.27. The summed E-state index contributed by atoms with van der Waals surface area (Å²) in [5, 5.41) is 7.35. The molecule has 3 rings (SSSR count). The zero-order chi connectivity index (χ0) is 14.7. The Kier molecular flexibility index (Phi) is 4.45. The number of hydrogen-bond acceptors (Lipinski definition) is 4. The van der Waals surface area contributed by atoms with Crippen molar-refractivity contribution in [1.29, 1.82) is 0 Å². The second kappa shape index (κ2) is 6.49. The van der Waals surface area contributed by atoms with Crippen LogP contribution in [0, 0.1) is 4.77 Å². The summed E-state index contributed by atoms with van der Waals surface area (Å²) in [7, 11) is 0. The van der Waals surface area contributed by atoms with Gasteiger partial charge in [0, 0.05) is 37.1 Å². The van der Waals surface area contributed by atoms with Gasteiger partial charge < -0.3 is 4.90 Å². The molecule has 5 nitrogen and oxygen atoms in total. The van der Waals surface area contributed by atoms with Crippen LogP contribution in [0.5, 0.6) is 0 Å². The Morgan fingerprint density at radius 2 is 2.19 bits per heavy atom. The van der Waals surface area contributed by atoms with E-state index in [2.05, 4.69) is 31.6 Å². The second-order valence-electron chi connectivity index (χ2n) is 5.54. The van der Waals surface area contributed by atoms with Crippen LogP contribution in [0.15, 0.2) is 24.5 Å². The van der Waals surface area contributed by atoms with Gasteiger partial charge in [0.25, 0.3) is 0 Å². The lowest BCUT2D eigenvalue weighted by atomic mass is 10.0. The minimum atomic E-state index is 0.430. The van der Waals surface area contributed by atoms with E-state index >= 15 is 0 Å². The fraction of sp³-hybridized carbons (Fsp3) is 0.533. The molecule has 0 spiro atoms. The molecule has 0 bridgehead atoms. The third kappa shape index (κ3) is 3.06. The standard InChI is InChI=1S/C15H21N5S/c1-2-8-19-9-5-13(6-10-19)20-14(17-18-15(20)21)12-4-3-7-16-11-12/h3-4,7,11,13H,2,5-6,8-10H2,1H3,(H,18,21). The number of pyridine rings is 1. The van der Waals surface area contributed by atoms with E-state index in [4.69, 9.17) is 12.2 Å². The molecule has 0 saturated carbocycles. The molecule has 112 valence electrons. The molecular formula is C15H21N5S. The molecule has 1 aliphatic heterocycles. The Morgan fingerprint density at radius 3 is 2.86 bits per heavy atom. The fourth-order valence-corrected chi connectivity index (χ4v) is 3.34. The van der Waals surface area contributed by atoms with Crippen LogP contribution in [-0.4, -0.2) is 44.3 Å². The van der Waals surface area contributed by atoms with Gasteiger partial charge in [-0.15, -0.1) is 0 Å². The van der Waals surface area contributed by atoms with Gasteiger partial charge in [-0.1, -0.05) is 6.92 Å². The molecule has 0 aliphatic carbocycles. The van der Waals surface area contributed by atoms with Crippen LogP contribution in [0.1, 0.15) is 32.2 Å². The highest BCUT2D eigenvalue weighted by molar-refractivity contribution is 7.71. The monoisotopic (exact) mass is 303 g/mol. The van der Waals surface area contributed by atoms with E-state index in [0.717, 1.165) is 37.3 Å². The first kappa shape index (κ1) is 14.4. The normalized spacial score (nSPS) is 17.2. The summed E-state index contributed by atoms with van der Waals surface area (Å²) in [4.78, 5) is 6.72. The van der Waals surface area contributed by atoms with E-state index in [1.54, 1.807) is 6.20 Å². The predicted octanol–water partition coefficient (Wildman–Crippen LogP) is 3.05. The molecule has 21 heavy (non-hydrogen) atoms. The van der Waals surface area contributed by atoms with Crippen molar-refractivity contribution >= 4 is 12.2 Å². The summed E-state index contributed by atoms with van der Waals surface area (Å²) in [6.45, 7) is 5.70. The third-order valence-electron chi connectivity index (χ3n) is 4.09. The van der Waals surface area contributed by atoms with Crippen molar-refractivity contribution in [1.82, 2.24) is 24.6 Å². The van der Waals surface area contributed by atoms with E-state index in [0.29, 0.717) is 10.8 Å². The molecule has 1 saturated heterocycles. The molecular weight excluding hydrogens is 282 g/mol. The maximum Gasteiger partial charge on any atom is 0.195 e. The minimum Gasteiger partial charge on any atom is -0.303 e. The molecule has 2 aromatic heterocycles. The Labute approximate surface area is 130 Å². The highest BCUT2D eigenvalue weighted by atomic mass is 32.1. The number of aromatic nitrogens is 4. The number of piperidine rings is 1. The van der Waals surface area contributed by atoms with Crippen LogP contribution in [0.3, 0.4) is 0 Å². The topological polar surface area (TPSA) is 49.7 Å². The average molecular weight is 303 g/mol. The van der Waals surface area contributed by atoms with E-state index in [-0.39, 0.29) is 0 Å². The van der Waals surface area contributed by atoms with Gasteiger partial charge in [0.2, 0.25) is 0 Å². The summed E-state index contributed by atoms with van der Waals surface area (Å²) in [6.07, 6.45) is 7.09. The van der Waals surface area contributed by atoms with Gasteiger partial charge in [0.1, 0.15) is 0 Å². The Balaban J connectivity index is 1.84. The lowest BCUT2D eigenvalue weighted by molar-refractivity contribution is 0.187. The summed E-state index contributed by atoms with van der Waals surface area (Å²) < 4.78 is 2.89. The van der Waals surface area contributed by atoms with E-state index in [9.17, 15) is 0 Å².